The van der Waals surface area contributed by atoms with E-state index in [0.717, 1.165) is 39.0 Å². The van der Waals surface area contributed by atoms with Gasteiger partial charge in [-0.3, -0.25) is 9.69 Å². The normalized spacial score (nSPS) is 21.2. The lowest BCUT2D eigenvalue weighted by molar-refractivity contribution is 0.0936. The van der Waals surface area contributed by atoms with E-state index in [0.29, 0.717) is 16.5 Å². The van der Waals surface area contributed by atoms with Crippen molar-refractivity contribution in [3.05, 3.63) is 46.1 Å². The Kier molecular flexibility index (Phi) is 7.69. The SMILES string of the molecule is O=C(NCC1CCN(CC(NN2CCCCC2)=C2CCC2)CC1)c1cccc(Cl)c1. The maximum absolute atomic E-state index is 12.4. The van der Waals surface area contributed by atoms with Crippen LogP contribution in [0, 0.1) is 5.92 Å². The molecule has 2 saturated heterocycles. The number of hydrogen-bond acceptors (Lipinski definition) is 4. The second-order valence-electron chi connectivity index (χ2n) is 9.04. The van der Waals surface area contributed by atoms with E-state index in [1.807, 2.05) is 12.1 Å². The average molecular weight is 431 g/mol. The van der Waals surface area contributed by atoms with Gasteiger partial charge in [-0.1, -0.05) is 24.1 Å². The summed E-state index contributed by atoms with van der Waals surface area (Å²) < 4.78 is 0. The van der Waals surface area contributed by atoms with Crippen molar-refractivity contribution in [2.45, 2.75) is 51.4 Å². The van der Waals surface area contributed by atoms with Crippen molar-refractivity contribution in [3.8, 4) is 0 Å². The highest BCUT2D eigenvalue weighted by Crippen LogP contribution is 2.29. The second-order valence-corrected chi connectivity index (χ2v) is 9.47. The molecule has 0 atom stereocenters. The van der Waals surface area contributed by atoms with Crippen molar-refractivity contribution in [2.24, 2.45) is 5.92 Å². The summed E-state index contributed by atoms with van der Waals surface area (Å²) in [5, 5.41) is 6.13. The molecule has 1 amide bonds. The van der Waals surface area contributed by atoms with Gasteiger partial charge in [-0.15, -0.1) is 0 Å². The molecule has 1 saturated carbocycles. The Morgan fingerprint density at radius 2 is 1.80 bits per heavy atom. The summed E-state index contributed by atoms with van der Waals surface area (Å²) >= 11 is 6.00. The first-order valence-corrected chi connectivity index (χ1v) is 12.0. The van der Waals surface area contributed by atoms with Crippen LogP contribution in [-0.4, -0.2) is 55.1 Å². The van der Waals surface area contributed by atoms with Crippen LogP contribution in [0.15, 0.2) is 35.5 Å². The number of amides is 1. The molecule has 1 aliphatic carbocycles. The lowest BCUT2D eigenvalue weighted by Crippen LogP contribution is -2.46. The molecule has 0 aromatic heterocycles. The number of hydrazine groups is 1. The average Bonchev–Trinajstić information content (AvgIpc) is 2.72. The van der Waals surface area contributed by atoms with E-state index in [4.69, 9.17) is 11.6 Å². The Morgan fingerprint density at radius 3 is 2.47 bits per heavy atom. The van der Waals surface area contributed by atoms with Gasteiger partial charge in [0.2, 0.25) is 0 Å². The van der Waals surface area contributed by atoms with Crippen LogP contribution in [0.2, 0.25) is 5.02 Å². The third-order valence-electron chi connectivity index (χ3n) is 6.76. The standard InChI is InChI=1S/C24H35ClN4O/c25-22-9-5-8-21(16-22)24(30)26-17-19-10-14-28(15-11-19)18-23(20-6-4-7-20)27-29-12-2-1-3-13-29/h5,8-9,16,19,27H,1-4,6-7,10-15,17-18H2,(H,26,30). The molecule has 0 spiro atoms. The minimum Gasteiger partial charge on any atom is -0.352 e. The first kappa shape index (κ1) is 21.7. The number of benzene rings is 1. The van der Waals surface area contributed by atoms with Gasteiger partial charge >= 0.3 is 0 Å². The van der Waals surface area contributed by atoms with Crippen LogP contribution >= 0.6 is 11.6 Å². The second kappa shape index (κ2) is 10.7. The number of hydrogen-bond donors (Lipinski definition) is 2. The summed E-state index contributed by atoms with van der Waals surface area (Å²) in [4.78, 5) is 14.9. The third-order valence-corrected chi connectivity index (χ3v) is 7.00. The molecule has 1 aromatic rings. The van der Waals surface area contributed by atoms with Crippen molar-refractivity contribution in [3.63, 3.8) is 0 Å². The third kappa shape index (κ3) is 5.99. The lowest BCUT2D eigenvalue weighted by atomic mass is 9.90. The maximum Gasteiger partial charge on any atom is 0.251 e. The van der Waals surface area contributed by atoms with Crippen molar-refractivity contribution in [1.29, 1.82) is 0 Å². The molecule has 164 valence electrons. The van der Waals surface area contributed by atoms with Gasteiger partial charge in [-0.2, -0.15) is 0 Å². The van der Waals surface area contributed by atoms with Crippen molar-refractivity contribution < 1.29 is 4.79 Å². The number of carbonyl (C=O) groups excluding carboxylic acids is 1. The molecule has 2 N–H and O–H groups in total. The number of allylic oxidation sites excluding steroid dienone is 1. The van der Waals surface area contributed by atoms with Crippen LogP contribution in [0.3, 0.4) is 0 Å². The van der Waals surface area contributed by atoms with Crippen LogP contribution in [-0.2, 0) is 0 Å². The van der Waals surface area contributed by atoms with E-state index in [9.17, 15) is 4.79 Å². The molecule has 4 rings (SSSR count). The quantitative estimate of drug-likeness (QED) is 0.680. The zero-order valence-corrected chi connectivity index (χ0v) is 18.7. The summed E-state index contributed by atoms with van der Waals surface area (Å²) in [5.41, 5.74) is 7.53. The van der Waals surface area contributed by atoms with E-state index in [1.165, 1.54) is 57.3 Å². The maximum atomic E-state index is 12.4. The summed E-state index contributed by atoms with van der Waals surface area (Å²) in [6.45, 7) is 6.36. The fourth-order valence-corrected chi connectivity index (χ4v) is 4.81. The molecule has 2 heterocycles. The van der Waals surface area contributed by atoms with Crippen LogP contribution in [0.4, 0.5) is 0 Å². The van der Waals surface area contributed by atoms with E-state index in [1.54, 1.807) is 17.7 Å². The zero-order chi connectivity index (χ0) is 20.8. The van der Waals surface area contributed by atoms with Gasteiger partial charge in [0.1, 0.15) is 0 Å². The van der Waals surface area contributed by atoms with E-state index < -0.39 is 0 Å². The molecule has 3 aliphatic rings. The van der Waals surface area contributed by atoms with Gasteiger partial charge in [0, 0.05) is 42.5 Å². The Bertz CT molecular complexity index is 745. The van der Waals surface area contributed by atoms with Gasteiger partial charge in [-0.25, -0.2) is 5.01 Å². The molecule has 0 radical (unpaired) electrons. The number of halogens is 1. The minimum absolute atomic E-state index is 0.0253. The molecular formula is C24H35ClN4O. The molecule has 1 aromatic carbocycles. The number of piperidine rings is 2. The first-order chi connectivity index (χ1) is 14.7. The van der Waals surface area contributed by atoms with Gasteiger partial charge < -0.3 is 10.7 Å². The largest absolute Gasteiger partial charge is 0.352 e. The molecule has 6 heteroatoms. The highest BCUT2D eigenvalue weighted by Gasteiger charge is 2.24. The van der Waals surface area contributed by atoms with Gasteiger partial charge in [0.15, 0.2) is 0 Å². The number of nitrogens with zero attached hydrogens (tertiary/aromatic N) is 2. The smallest absolute Gasteiger partial charge is 0.251 e. The topological polar surface area (TPSA) is 47.6 Å². The summed E-state index contributed by atoms with van der Waals surface area (Å²) in [5.74, 6) is 0.530. The molecule has 3 fully saturated rings. The molecule has 0 bridgehead atoms. The van der Waals surface area contributed by atoms with Crippen LogP contribution in [0.25, 0.3) is 0 Å². The van der Waals surface area contributed by atoms with Gasteiger partial charge in [0.25, 0.3) is 5.91 Å². The van der Waals surface area contributed by atoms with Crippen LogP contribution < -0.4 is 10.7 Å². The predicted octanol–water partition coefficient (Wildman–Crippen LogP) is 4.21. The van der Waals surface area contributed by atoms with Crippen LogP contribution in [0.1, 0.15) is 61.7 Å². The Morgan fingerprint density at radius 1 is 1.03 bits per heavy atom. The molecule has 5 nitrogen and oxygen atoms in total. The molecule has 30 heavy (non-hydrogen) atoms. The number of likely N-dealkylation sites (tertiary alicyclic amines) is 1. The fourth-order valence-electron chi connectivity index (χ4n) is 4.62. The molecule has 2 aliphatic heterocycles. The van der Waals surface area contributed by atoms with E-state index >= 15 is 0 Å². The lowest BCUT2D eigenvalue weighted by Gasteiger charge is -2.37. The number of nitrogens with one attached hydrogen (secondary N) is 2. The fraction of sp³-hybridized carbons (Fsp3) is 0.625. The monoisotopic (exact) mass is 430 g/mol. The Labute approximate surface area is 185 Å². The van der Waals surface area contributed by atoms with E-state index in [2.05, 4.69) is 20.7 Å². The molecular weight excluding hydrogens is 396 g/mol. The minimum atomic E-state index is -0.0253. The van der Waals surface area contributed by atoms with Crippen molar-refractivity contribution in [2.75, 3.05) is 39.3 Å². The first-order valence-electron chi connectivity index (χ1n) is 11.7. The Hall–Kier alpha value is -1.56. The highest BCUT2D eigenvalue weighted by molar-refractivity contribution is 6.30. The van der Waals surface area contributed by atoms with Gasteiger partial charge in [0.05, 0.1) is 0 Å². The Balaban J connectivity index is 1.22. The van der Waals surface area contributed by atoms with Crippen molar-refractivity contribution in [1.82, 2.24) is 20.7 Å². The number of rotatable bonds is 7. The number of carbonyl (C=O) groups is 1. The highest BCUT2D eigenvalue weighted by atomic mass is 35.5. The predicted molar refractivity (Wildman–Crippen MR) is 122 cm³/mol. The van der Waals surface area contributed by atoms with Crippen molar-refractivity contribution >= 4 is 17.5 Å². The van der Waals surface area contributed by atoms with E-state index in [-0.39, 0.29) is 5.91 Å². The summed E-state index contributed by atoms with van der Waals surface area (Å²) in [6.07, 6.45) is 10.1. The van der Waals surface area contributed by atoms with Crippen LogP contribution in [0.5, 0.6) is 0 Å². The summed E-state index contributed by atoms with van der Waals surface area (Å²) in [7, 11) is 0. The van der Waals surface area contributed by atoms with Gasteiger partial charge in [-0.05, 0) is 87.7 Å². The zero-order valence-electron chi connectivity index (χ0n) is 18.0. The molecule has 0 unspecified atom stereocenters. The summed E-state index contributed by atoms with van der Waals surface area (Å²) in [6, 6.07) is 7.15.